The maximum atomic E-state index is 12.7. The number of sulfone groups is 1. The molecular weight excluding hydrogens is 392 g/mol. The van der Waals surface area contributed by atoms with Gasteiger partial charge in [-0.3, -0.25) is 10.1 Å². The summed E-state index contributed by atoms with van der Waals surface area (Å²) >= 11 is 0. The van der Waals surface area contributed by atoms with Gasteiger partial charge in [0.15, 0.2) is 0 Å². The average Bonchev–Trinajstić information content (AvgIpc) is 2.69. The van der Waals surface area contributed by atoms with Crippen LogP contribution in [0, 0.1) is 24.0 Å². The third-order valence-corrected chi connectivity index (χ3v) is 5.82. The lowest BCUT2D eigenvalue weighted by atomic mass is 10.1. The van der Waals surface area contributed by atoms with Crippen LogP contribution in [0.4, 0.5) is 17.1 Å². The first-order valence-corrected chi connectivity index (χ1v) is 10.9. The molecule has 5 N–H and O–H groups in total. The number of nitrogens with zero attached hydrogens (tertiary/aromatic N) is 1. The van der Waals surface area contributed by atoms with Crippen LogP contribution >= 0.6 is 0 Å². The van der Waals surface area contributed by atoms with Gasteiger partial charge in [0.25, 0.3) is 5.69 Å². The predicted octanol–water partition coefficient (Wildman–Crippen LogP) is 3.85. The first kappa shape index (κ1) is 26.4. The Bertz CT molecular complexity index is 909. The molecule has 162 valence electrons. The van der Waals surface area contributed by atoms with Crippen LogP contribution in [0.25, 0.3) is 0 Å². The van der Waals surface area contributed by atoms with E-state index in [1.807, 2.05) is 20.8 Å². The van der Waals surface area contributed by atoms with E-state index < -0.39 is 20.4 Å². The molecule has 2 rings (SSSR count). The second-order valence-corrected chi connectivity index (χ2v) is 7.79. The lowest BCUT2D eigenvalue weighted by Crippen LogP contribution is -2.10. The van der Waals surface area contributed by atoms with Gasteiger partial charge < -0.3 is 16.8 Å². The Morgan fingerprint density at radius 1 is 1.00 bits per heavy atom. The standard InChI is InChI=1S/C14H15N3O4S.C4H11N.C2H6/c1-8-3-5-10(6-4-8)22(20,21)12-7-11(17(18)19)14(16)13(15)9(12)2;1-3-5-4-2;1-2/h3-7H,15-16H2,1-2H3;5H,3-4H2,1-2H3;1-2H3. The molecule has 0 saturated heterocycles. The molecule has 0 unspecified atom stereocenters. The van der Waals surface area contributed by atoms with Crippen molar-refractivity contribution in [2.24, 2.45) is 0 Å². The molecule has 0 amide bonds. The Kier molecular flexibility index (Phi) is 10.9. The highest BCUT2D eigenvalue weighted by Crippen LogP contribution is 2.37. The molecule has 0 atom stereocenters. The van der Waals surface area contributed by atoms with E-state index in [0.29, 0.717) is 0 Å². The highest BCUT2D eigenvalue weighted by molar-refractivity contribution is 7.91. The van der Waals surface area contributed by atoms with Crippen LogP contribution in [-0.4, -0.2) is 26.4 Å². The molecule has 0 bridgehead atoms. The summed E-state index contributed by atoms with van der Waals surface area (Å²) in [7, 11) is -3.92. The van der Waals surface area contributed by atoms with Gasteiger partial charge in [-0.05, 0) is 44.6 Å². The molecule has 0 spiro atoms. The summed E-state index contributed by atoms with van der Waals surface area (Å²) in [4.78, 5) is 10.1. The minimum Gasteiger partial charge on any atom is -0.397 e. The van der Waals surface area contributed by atoms with Crippen LogP contribution in [-0.2, 0) is 9.84 Å². The van der Waals surface area contributed by atoms with Gasteiger partial charge in [0, 0.05) is 6.07 Å². The van der Waals surface area contributed by atoms with E-state index in [2.05, 4.69) is 19.2 Å². The molecule has 8 nitrogen and oxygen atoms in total. The van der Waals surface area contributed by atoms with Gasteiger partial charge in [0.1, 0.15) is 5.69 Å². The predicted molar refractivity (Wildman–Crippen MR) is 119 cm³/mol. The number of rotatable bonds is 5. The van der Waals surface area contributed by atoms with Crippen LogP contribution in [0.3, 0.4) is 0 Å². The van der Waals surface area contributed by atoms with Crippen molar-refractivity contribution in [1.29, 1.82) is 0 Å². The molecule has 0 radical (unpaired) electrons. The summed E-state index contributed by atoms with van der Waals surface area (Å²) in [5.41, 5.74) is 11.6. The Balaban J connectivity index is 0.000000977. The number of nitro benzene ring substituents is 1. The van der Waals surface area contributed by atoms with Gasteiger partial charge in [0.2, 0.25) is 9.84 Å². The molecule has 29 heavy (non-hydrogen) atoms. The van der Waals surface area contributed by atoms with Crippen LogP contribution in [0.1, 0.15) is 38.8 Å². The number of aryl methyl sites for hydroxylation is 1. The van der Waals surface area contributed by atoms with E-state index in [0.717, 1.165) is 24.7 Å². The number of benzene rings is 2. The van der Waals surface area contributed by atoms with Crippen molar-refractivity contribution in [2.75, 3.05) is 24.6 Å². The largest absolute Gasteiger partial charge is 0.397 e. The molecule has 0 heterocycles. The van der Waals surface area contributed by atoms with Crippen molar-refractivity contribution in [1.82, 2.24) is 5.32 Å². The number of nitrogen functional groups attached to an aromatic ring is 2. The Hall–Kier alpha value is -2.65. The minimum atomic E-state index is -3.92. The fourth-order valence-electron chi connectivity index (χ4n) is 2.31. The van der Waals surface area contributed by atoms with Crippen molar-refractivity contribution in [3.8, 4) is 0 Å². The topological polar surface area (TPSA) is 141 Å². The van der Waals surface area contributed by atoms with E-state index in [-0.39, 0.29) is 26.7 Å². The van der Waals surface area contributed by atoms with Crippen molar-refractivity contribution in [2.45, 2.75) is 51.3 Å². The Morgan fingerprint density at radius 3 is 1.86 bits per heavy atom. The maximum absolute atomic E-state index is 12.7. The van der Waals surface area contributed by atoms with Gasteiger partial charge in [-0.1, -0.05) is 45.4 Å². The first-order chi connectivity index (χ1) is 13.6. The van der Waals surface area contributed by atoms with Crippen molar-refractivity contribution >= 4 is 26.9 Å². The van der Waals surface area contributed by atoms with Crippen LogP contribution < -0.4 is 16.8 Å². The zero-order valence-corrected chi connectivity index (χ0v) is 18.8. The van der Waals surface area contributed by atoms with Crippen molar-refractivity contribution in [3.05, 3.63) is 51.6 Å². The second-order valence-electron chi connectivity index (χ2n) is 5.88. The summed E-state index contributed by atoms with van der Waals surface area (Å²) in [5.74, 6) is 0. The quantitative estimate of drug-likeness (QED) is 0.376. The zero-order valence-electron chi connectivity index (χ0n) is 17.9. The maximum Gasteiger partial charge on any atom is 0.295 e. The average molecular weight is 425 g/mol. The van der Waals surface area contributed by atoms with E-state index in [1.54, 1.807) is 12.1 Å². The molecule has 2 aromatic carbocycles. The van der Waals surface area contributed by atoms with E-state index in [9.17, 15) is 18.5 Å². The van der Waals surface area contributed by atoms with Crippen molar-refractivity contribution < 1.29 is 13.3 Å². The fraction of sp³-hybridized carbons (Fsp3) is 0.400. The van der Waals surface area contributed by atoms with Gasteiger partial charge in [-0.15, -0.1) is 0 Å². The monoisotopic (exact) mass is 424 g/mol. The zero-order chi connectivity index (χ0) is 22.8. The highest BCUT2D eigenvalue weighted by atomic mass is 32.2. The highest BCUT2D eigenvalue weighted by Gasteiger charge is 2.27. The van der Waals surface area contributed by atoms with Gasteiger partial charge in [-0.2, -0.15) is 0 Å². The van der Waals surface area contributed by atoms with Gasteiger partial charge in [0.05, 0.1) is 20.4 Å². The third kappa shape index (κ3) is 6.72. The summed E-state index contributed by atoms with van der Waals surface area (Å²) in [5, 5.41) is 14.1. The Morgan fingerprint density at radius 2 is 1.48 bits per heavy atom. The third-order valence-electron chi connectivity index (χ3n) is 3.93. The smallest absolute Gasteiger partial charge is 0.295 e. The molecular formula is C20H32N4O4S. The number of nitrogens with two attached hydrogens (primary N) is 2. The molecule has 0 fully saturated rings. The fourth-order valence-corrected chi connectivity index (χ4v) is 3.84. The number of hydrogen-bond donors (Lipinski definition) is 3. The summed E-state index contributed by atoms with van der Waals surface area (Å²) < 4.78 is 25.4. The van der Waals surface area contributed by atoms with Crippen LogP contribution in [0.15, 0.2) is 40.1 Å². The van der Waals surface area contributed by atoms with Crippen LogP contribution in [0.5, 0.6) is 0 Å². The van der Waals surface area contributed by atoms with Gasteiger partial charge >= 0.3 is 0 Å². The van der Waals surface area contributed by atoms with Gasteiger partial charge in [-0.25, -0.2) is 8.42 Å². The molecule has 2 aromatic rings. The molecule has 0 aliphatic heterocycles. The van der Waals surface area contributed by atoms with E-state index >= 15 is 0 Å². The molecule has 0 saturated carbocycles. The lowest BCUT2D eigenvalue weighted by Gasteiger charge is -2.12. The van der Waals surface area contributed by atoms with Crippen molar-refractivity contribution in [3.63, 3.8) is 0 Å². The Labute approximate surface area is 173 Å². The summed E-state index contributed by atoms with van der Waals surface area (Å²) in [6, 6.07) is 7.15. The SMILES string of the molecule is CC.CCNCC.Cc1ccc(S(=O)(=O)c2cc([N+](=O)[O-])c(N)c(N)c2C)cc1. The first-order valence-electron chi connectivity index (χ1n) is 9.43. The lowest BCUT2D eigenvalue weighted by molar-refractivity contribution is -0.384. The molecule has 0 aliphatic rings. The summed E-state index contributed by atoms with van der Waals surface area (Å²) in [6.07, 6.45) is 0. The number of hydrogen-bond acceptors (Lipinski definition) is 7. The van der Waals surface area contributed by atoms with E-state index in [1.165, 1.54) is 19.1 Å². The normalized spacial score (nSPS) is 10.3. The van der Waals surface area contributed by atoms with E-state index in [4.69, 9.17) is 11.5 Å². The molecule has 0 aromatic heterocycles. The minimum absolute atomic E-state index is 0.0414. The second kappa shape index (κ2) is 12.0. The number of anilines is 2. The van der Waals surface area contributed by atoms with Crippen LogP contribution in [0.2, 0.25) is 0 Å². The summed E-state index contributed by atoms with van der Waals surface area (Å²) in [6.45, 7) is 13.7. The number of nitrogens with one attached hydrogen (secondary N) is 1. The number of nitro groups is 1. The molecule has 9 heteroatoms. The molecule has 0 aliphatic carbocycles.